The fraction of sp³-hybridized carbons (Fsp3) is 0.700. The van der Waals surface area contributed by atoms with E-state index in [0.29, 0.717) is 4.90 Å². The number of nitrogens with zero attached hydrogens (tertiary/aromatic N) is 2. The maximum absolute atomic E-state index is 12.1. The summed E-state index contributed by atoms with van der Waals surface area (Å²) >= 11 is 0. The maximum Gasteiger partial charge on any atom is 0.471 e. The Kier molecular flexibility index (Phi) is 4.16. The van der Waals surface area contributed by atoms with E-state index in [4.69, 9.17) is 10.4 Å². The van der Waals surface area contributed by atoms with Crippen LogP contribution in [-0.2, 0) is 9.59 Å². The summed E-state index contributed by atoms with van der Waals surface area (Å²) in [5.74, 6) is -4.93. The van der Waals surface area contributed by atoms with Gasteiger partial charge in [0.05, 0.1) is 6.07 Å². The highest BCUT2D eigenvalue weighted by Crippen LogP contribution is 2.28. The molecule has 8 heteroatoms. The second-order valence-electron chi connectivity index (χ2n) is 4.07. The second-order valence-corrected chi connectivity index (χ2v) is 4.07. The zero-order valence-electron chi connectivity index (χ0n) is 9.28. The molecule has 0 saturated carbocycles. The van der Waals surface area contributed by atoms with Gasteiger partial charge in [-0.2, -0.15) is 18.4 Å². The third-order valence-corrected chi connectivity index (χ3v) is 2.95. The van der Waals surface area contributed by atoms with Crippen LogP contribution in [0, 0.1) is 23.2 Å². The van der Waals surface area contributed by atoms with Crippen LogP contribution in [0.4, 0.5) is 13.2 Å². The van der Waals surface area contributed by atoms with Crippen LogP contribution in [0.15, 0.2) is 0 Å². The highest BCUT2D eigenvalue weighted by atomic mass is 19.4. The van der Waals surface area contributed by atoms with Crippen molar-refractivity contribution in [1.82, 2.24) is 4.90 Å². The summed E-state index contributed by atoms with van der Waals surface area (Å²) in [6.07, 6.45) is -4.73. The van der Waals surface area contributed by atoms with Crippen molar-refractivity contribution in [1.29, 1.82) is 5.26 Å². The number of hydrogen-bond acceptors (Lipinski definition) is 3. The number of alkyl halides is 3. The maximum atomic E-state index is 12.1. The van der Waals surface area contributed by atoms with Gasteiger partial charge in [0.25, 0.3) is 0 Å². The fourth-order valence-corrected chi connectivity index (χ4v) is 1.98. The molecule has 1 atom stereocenters. The minimum absolute atomic E-state index is 0.0896. The predicted octanol–water partition coefficient (Wildman–Crippen LogP) is 1.01. The molecule has 1 saturated heterocycles. The molecule has 0 spiro atoms. The van der Waals surface area contributed by atoms with Crippen molar-refractivity contribution < 1.29 is 27.9 Å². The van der Waals surface area contributed by atoms with E-state index >= 15 is 0 Å². The van der Waals surface area contributed by atoms with Crippen LogP contribution >= 0.6 is 0 Å². The van der Waals surface area contributed by atoms with E-state index in [1.54, 1.807) is 6.07 Å². The Morgan fingerprint density at radius 1 is 1.33 bits per heavy atom. The van der Waals surface area contributed by atoms with E-state index in [-0.39, 0.29) is 25.9 Å². The number of nitriles is 1. The monoisotopic (exact) mass is 264 g/mol. The Bertz CT molecular complexity index is 381. The topological polar surface area (TPSA) is 81.4 Å². The molecule has 0 radical (unpaired) electrons. The Labute approximate surface area is 101 Å². The number of carboxylic acid groups (broad SMARTS) is 1. The molecule has 0 aliphatic carbocycles. The number of carbonyl (C=O) groups excluding carboxylic acids is 1. The molecule has 5 nitrogen and oxygen atoms in total. The van der Waals surface area contributed by atoms with Crippen molar-refractivity contribution in [3.63, 3.8) is 0 Å². The van der Waals surface area contributed by atoms with Gasteiger partial charge < -0.3 is 10.0 Å². The molecule has 1 fully saturated rings. The number of halogens is 3. The lowest BCUT2D eigenvalue weighted by Gasteiger charge is -2.33. The molecule has 1 N–H and O–H groups in total. The average molecular weight is 264 g/mol. The van der Waals surface area contributed by atoms with Crippen LogP contribution in [0.5, 0.6) is 0 Å². The molecule has 1 heterocycles. The van der Waals surface area contributed by atoms with Gasteiger partial charge in [-0.15, -0.1) is 0 Å². The molecule has 1 aliphatic rings. The summed E-state index contributed by atoms with van der Waals surface area (Å²) in [7, 11) is 0. The highest BCUT2D eigenvalue weighted by Gasteiger charge is 2.44. The van der Waals surface area contributed by atoms with Gasteiger partial charge >= 0.3 is 18.1 Å². The third-order valence-electron chi connectivity index (χ3n) is 2.95. The molecule has 1 unspecified atom stereocenters. The van der Waals surface area contributed by atoms with Gasteiger partial charge in [-0.3, -0.25) is 9.59 Å². The largest absolute Gasteiger partial charge is 0.480 e. The summed E-state index contributed by atoms with van der Waals surface area (Å²) in [6.45, 7) is -0.344. The standard InChI is InChI=1S/C10H11F3N2O3/c11-10(12,13)9(18)15-3-1-6(2-4-15)7(5-14)8(16)17/h6-7H,1-4H2,(H,16,17). The minimum Gasteiger partial charge on any atom is -0.480 e. The number of carboxylic acids is 1. The first kappa shape index (κ1) is 14.3. The summed E-state index contributed by atoms with van der Waals surface area (Å²) < 4.78 is 36.4. The van der Waals surface area contributed by atoms with Gasteiger partial charge in [-0.05, 0) is 18.8 Å². The molecule has 18 heavy (non-hydrogen) atoms. The minimum atomic E-state index is -4.91. The number of rotatable bonds is 2. The van der Waals surface area contributed by atoms with Gasteiger partial charge in [0.15, 0.2) is 0 Å². The molecule has 100 valence electrons. The Morgan fingerprint density at radius 3 is 2.17 bits per heavy atom. The lowest BCUT2D eigenvalue weighted by Crippen LogP contribution is -2.46. The SMILES string of the molecule is N#CC(C(=O)O)C1CCN(C(=O)C(F)(F)F)CC1. The van der Waals surface area contributed by atoms with Crippen molar-refractivity contribution in [3.8, 4) is 6.07 Å². The van der Waals surface area contributed by atoms with Gasteiger partial charge in [-0.1, -0.05) is 0 Å². The van der Waals surface area contributed by atoms with E-state index in [1.807, 2.05) is 0 Å². The number of amides is 1. The summed E-state index contributed by atoms with van der Waals surface area (Å²) in [6, 6.07) is 1.62. The number of likely N-dealkylation sites (tertiary alicyclic amines) is 1. The smallest absolute Gasteiger partial charge is 0.471 e. The first-order valence-electron chi connectivity index (χ1n) is 5.26. The van der Waals surface area contributed by atoms with Crippen molar-refractivity contribution >= 4 is 11.9 Å². The third kappa shape index (κ3) is 3.12. The van der Waals surface area contributed by atoms with Crippen molar-refractivity contribution in [2.75, 3.05) is 13.1 Å². The second kappa shape index (κ2) is 5.25. The quantitative estimate of drug-likeness (QED) is 0.807. The molecule has 1 amide bonds. The van der Waals surface area contributed by atoms with Crippen molar-refractivity contribution in [3.05, 3.63) is 0 Å². The van der Waals surface area contributed by atoms with Gasteiger partial charge in [0.1, 0.15) is 5.92 Å². The molecule has 0 aromatic heterocycles. The Morgan fingerprint density at radius 2 is 1.83 bits per heavy atom. The summed E-state index contributed by atoms with van der Waals surface area (Å²) in [5.41, 5.74) is 0. The molecular weight excluding hydrogens is 253 g/mol. The van der Waals surface area contributed by atoms with Crippen LogP contribution in [0.2, 0.25) is 0 Å². The van der Waals surface area contributed by atoms with E-state index in [0.717, 1.165) is 0 Å². The van der Waals surface area contributed by atoms with Crippen LogP contribution in [0.3, 0.4) is 0 Å². The molecule has 1 rings (SSSR count). The zero-order chi connectivity index (χ0) is 13.9. The first-order chi connectivity index (χ1) is 8.27. The van der Waals surface area contributed by atoms with Gasteiger partial charge in [0, 0.05) is 13.1 Å². The van der Waals surface area contributed by atoms with Crippen LogP contribution in [0.25, 0.3) is 0 Å². The average Bonchev–Trinajstić information content (AvgIpc) is 2.28. The molecule has 0 aromatic carbocycles. The summed E-state index contributed by atoms with van der Waals surface area (Å²) in [4.78, 5) is 22.3. The van der Waals surface area contributed by atoms with E-state index < -0.39 is 29.9 Å². The lowest BCUT2D eigenvalue weighted by molar-refractivity contribution is -0.187. The lowest BCUT2D eigenvalue weighted by atomic mass is 9.85. The Hall–Kier alpha value is -1.78. The molecule has 1 aliphatic heterocycles. The zero-order valence-corrected chi connectivity index (χ0v) is 9.28. The number of piperidine rings is 1. The molecular formula is C10H11F3N2O3. The first-order valence-corrected chi connectivity index (χ1v) is 5.26. The number of aliphatic carboxylic acids is 1. The summed E-state index contributed by atoms with van der Waals surface area (Å²) in [5, 5.41) is 17.4. The van der Waals surface area contributed by atoms with Crippen LogP contribution in [0.1, 0.15) is 12.8 Å². The number of hydrogen-bond donors (Lipinski definition) is 1. The van der Waals surface area contributed by atoms with Crippen molar-refractivity contribution in [2.24, 2.45) is 11.8 Å². The van der Waals surface area contributed by atoms with E-state index in [2.05, 4.69) is 0 Å². The molecule has 0 aromatic rings. The number of carbonyl (C=O) groups is 2. The van der Waals surface area contributed by atoms with Crippen LogP contribution in [-0.4, -0.2) is 41.1 Å². The van der Waals surface area contributed by atoms with Crippen LogP contribution < -0.4 is 0 Å². The fourth-order valence-electron chi connectivity index (χ4n) is 1.98. The molecule has 0 bridgehead atoms. The van der Waals surface area contributed by atoms with E-state index in [9.17, 15) is 22.8 Å². The predicted molar refractivity (Wildman–Crippen MR) is 52.1 cm³/mol. The van der Waals surface area contributed by atoms with E-state index in [1.165, 1.54) is 0 Å². The van der Waals surface area contributed by atoms with Gasteiger partial charge in [0.2, 0.25) is 0 Å². The normalized spacial score (nSPS) is 19.1. The Balaban J connectivity index is 2.59. The van der Waals surface area contributed by atoms with Crippen molar-refractivity contribution in [2.45, 2.75) is 19.0 Å². The van der Waals surface area contributed by atoms with Gasteiger partial charge in [-0.25, -0.2) is 0 Å². The highest BCUT2D eigenvalue weighted by molar-refractivity contribution is 5.82.